The zero-order chi connectivity index (χ0) is 22.4. The number of amides is 1. The molecule has 2 aromatic carbocycles. The van der Waals surface area contributed by atoms with Gasteiger partial charge in [-0.2, -0.15) is 0 Å². The number of allylic oxidation sites excluding steroid dienone is 2. The number of esters is 1. The highest BCUT2D eigenvalue weighted by molar-refractivity contribution is 9.10. The molecule has 7 nitrogen and oxygen atoms in total. The molecule has 160 valence electrons. The molecule has 0 heterocycles. The molecule has 2 aromatic rings. The van der Waals surface area contributed by atoms with E-state index in [4.69, 9.17) is 4.74 Å². The van der Waals surface area contributed by atoms with Crippen LogP contribution in [0.5, 0.6) is 0 Å². The number of benzene rings is 2. The maximum atomic E-state index is 12.5. The molecule has 0 radical (unpaired) electrons. The van der Waals surface area contributed by atoms with Gasteiger partial charge >= 0.3 is 11.9 Å². The minimum absolute atomic E-state index is 0.227. The SMILES string of the molecule is O=C(COC(=O)c1ccc(NC(=O)C2CC=CCC2C(=O)O)cc1)c1ccc(Br)cc1. The third-order valence-electron chi connectivity index (χ3n) is 4.98. The third-order valence-corrected chi connectivity index (χ3v) is 5.50. The van der Waals surface area contributed by atoms with Gasteiger partial charge in [0, 0.05) is 15.7 Å². The lowest BCUT2D eigenvalue weighted by atomic mass is 9.82. The molecule has 1 aliphatic rings. The van der Waals surface area contributed by atoms with Crippen molar-refractivity contribution in [2.75, 3.05) is 11.9 Å². The lowest BCUT2D eigenvalue weighted by Gasteiger charge is -2.24. The number of anilines is 1. The minimum Gasteiger partial charge on any atom is -0.481 e. The molecular formula is C23H20BrNO6. The van der Waals surface area contributed by atoms with Crippen LogP contribution in [0.1, 0.15) is 33.6 Å². The summed E-state index contributed by atoms with van der Waals surface area (Å²) in [6.45, 7) is -0.384. The number of carboxylic acid groups (broad SMARTS) is 1. The molecule has 8 heteroatoms. The highest BCUT2D eigenvalue weighted by Crippen LogP contribution is 2.27. The second kappa shape index (κ2) is 10.2. The Balaban J connectivity index is 1.55. The average molecular weight is 486 g/mol. The summed E-state index contributed by atoms with van der Waals surface area (Å²) < 4.78 is 5.91. The molecule has 1 aliphatic carbocycles. The lowest BCUT2D eigenvalue weighted by Crippen LogP contribution is -2.34. The molecule has 0 saturated heterocycles. The van der Waals surface area contributed by atoms with E-state index in [0.29, 0.717) is 24.1 Å². The average Bonchev–Trinajstić information content (AvgIpc) is 2.78. The number of hydrogen-bond acceptors (Lipinski definition) is 5. The number of nitrogens with one attached hydrogen (secondary N) is 1. The molecule has 0 aliphatic heterocycles. The van der Waals surface area contributed by atoms with E-state index in [1.165, 1.54) is 24.3 Å². The highest BCUT2D eigenvalue weighted by atomic mass is 79.9. The number of carbonyl (C=O) groups is 4. The van der Waals surface area contributed by atoms with Gasteiger partial charge in [0.1, 0.15) is 0 Å². The molecule has 0 saturated carbocycles. The largest absolute Gasteiger partial charge is 0.481 e. The number of Topliss-reactive ketones (excluding diaryl/α,β-unsaturated/α-hetero) is 1. The summed E-state index contributed by atoms with van der Waals surface area (Å²) in [5, 5.41) is 12.0. The number of ether oxygens (including phenoxy) is 1. The second-order valence-corrected chi connectivity index (χ2v) is 7.98. The summed E-state index contributed by atoms with van der Waals surface area (Å²) in [6.07, 6.45) is 4.25. The van der Waals surface area contributed by atoms with Crippen molar-refractivity contribution in [1.29, 1.82) is 0 Å². The number of ketones is 1. The van der Waals surface area contributed by atoms with Crippen LogP contribution in [-0.2, 0) is 14.3 Å². The molecule has 0 spiro atoms. The van der Waals surface area contributed by atoms with Crippen molar-refractivity contribution < 1.29 is 29.0 Å². The van der Waals surface area contributed by atoms with E-state index < -0.39 is 23.8 Å². The molecule has 0 aromatic heterocycles. The van der Waals surface area contributed by atoms with Gasteiger partial charge in [-0.1, -0.05) is 40.2 Å². The van der Waals surface area contributed by atoms with Crippen LogP contribution in [0, 0.1) is 11.8 Å². The van der Waals surface area contributed by atoms with Crippen molar-refractivity contribution in [1.82, 2.24) is 0 Å². The summed E-state index contributed by atoms with van der Waals surface area (Å²) in [4.78, 5) is 48.2. The summed E-state index contributed by atoms with van der Waals surface area (Å²) in [6, 6.07) is 12.7. The van der Waals surface area contributed by atoms with Gasteiger partial charge in [-0.3, -0.25) is 14.4 Å². The quantitative estimate of drug-likeness (QED) is 0.347. The first-order valence-electron chi connectivity index (χ1n) is 9.60. The zero-order valence-electron chi connectivity index (χ0n) is 16.4. The maximum absolute atomic E-state index is 12.5. The van der Waals surface area contributed by atoms with Gasteiger partial charge in [0.05, 0.1) is 17.4 Å². The van der Waals surface area contributed by atoms with E-state index in [9.17, 15) is 24.3 Å². The van der Waals surface area contributed by atoms with Crippen LogP contribution in [0.3, 0.4) is 0 Å². The molecule has 2 N–H and O–H groups in total. The molecule has 1 amide bonds. The Morgan fingerprint density at radius 3 is 2.10 bits per heavy atom. The van der Waals surface area contributed by atoms with Gasteiger partial charge in [-0.25, -0.2) is 4.79 Å². The number of rotatable bonds is 7. The topological polar surface area (TPSA) is 110 Å². The monoisotopic (exact) mass is 485 g/mol. The van der Waals surface area contributed by atoms with E-state index in [1.807, 2.05) is 0 Å². The summed E-state index contributed by atoms with van der Waals surface area (Å²) >= 11 is 3.29. The van der Waals surface area contributed by atoms with Gasteiger partial charge in [0.2, 0.25) is 5.91 Å². The van der Waals surface area contributed by atoms with Crippen LogP contribution in [0.2, 0.25) is 0 Å². The van der Waals surface area contributed by atoms with Crippen LogP contribution in [0.4, 0.5) is 5.69 Å². The molecule has 2 atom stereocenters. The summed E-state index contributed by atoms with van der Waals surface area (Å²) in [5.41, 5.74) is 1.10. The Bertz CT molecular complexity index is 1010. The Morgan fingerprint density at radius 1 is 0.903 bits per heavy atom. The van der Waals surface area contributed by atoms with E-state index in [2.05, 4.69) is 21.2 Å². The Labute approximate surface area is 187 Å². The van der Waals surface area contributed by atoms with E-state index >= 15 is 0 Å². The van der Waals surface area contributed by atoms with Crippen LogP contribution < -0.4 is 5.32 Å². The van der Waals surface area contributed by atoms with Crippen LogP contribution in [0.25, 0.3) is 0 Å². The summed E-state index contributed by atoms with van der Waals surface area (Å²) in [7, 11) is 0. The second-order valence-electron chi connectivity index (χ2n) is 7.07. The first-order valence-corrected chi connectivity index (χ1v) is 10.4. The van der Waals surface area contributed by atoms with Crippen molar-refractivity contribution in [3.05, 3.63) is 76.3 Å². The lowest BCUT2D eigenvalue weighted by molar-refractivity contribution is -0.146. The van der Waals surface area contributed by atoms with Crippen molar-refractivity contribution >= 4 is 45.2 Å². The molecule has 3 rings (SSSR count). The minimum atomic E-state index is -1.000. The highest BCUT2D eigenvalue weighted by Gasteiger charge is 2.33. The van der Waals surface area contributed by atoms with Crippen molar-refractivity contribution in [3.8, 4) is 0 Å². The zero-order valence-corrected chi connectivity index (χ0v) is 18.0. The van der Waals surface area contributed by atoms with Gasteiger partial charge in [0.15, 0.2) is 12.4 Å². The number of hydrogen-bond donors (Lipinski definition) is 2. The van der Waals surface area contributed by atoms with E-state index in [-0.39, 0.29) is 23.9 Å². The predicted molar refractivity (Wildman–Crippen MR) is 117 cm³/mol. The molecule has 0 bridgehead atoms. The Kier molecular flexibility index (Phi) is 7.36. The number of aliphatic carboxylic acids is 1. The standard InChI is InChI=1S/C23H20BrNO6/c24-16-9-5-14(6-10-16)20(26)13-31-23(30)15-7-11-17(12-8-15)25-21(27)18-3-1-2-4-19(18)22(28)29/h1-2,5-12,18-19H,3-4,13H2,(H,25,27)(H,28,29). The fourth-order valence-corrected chi connectivity index (χ4v) is 3.50. The smallest absolute Gasteiger partial charge is 0.338 e. The van der Waals surface area contributed by atoms with Crippen LogP contribution in [0.15, 0.2) is 65.2 Å². The van der Waals surface area contributed by atoms with Crippen molar-refractivity contribution in [3.63, 3.8) is 0 Å². The number of carboxylic acids is 1. The fraction of sp³-hybridized carbons (Fsp3) is 0.217. The van der Waals surface area contributed by atoms with E-state index in [1.54, 1.807) is 36.4 Å². The molecule has 2 unspecified atom stereocenters. The van der Waals surface area contributed by atoms with Gasteiger partial charge < -0.3 is 15.2 Å². The molecule has 0 fully saturated rings. The van der Waals surface area contributed by atoms with Gasteiger partial charge in [-0.15, -0.1) is 0 Å². The van der Waals surface area contributed by atoms with Gasteiger partial charge in [-0.05, 0) is 49.2 Å². The van der Waals surface area contributed by atoms with Gasteiger partial charge in [0.25, 0.3) is 0 Å². The fourth-order valence-electron chi connectivity index (χ4n) is 3.24. The normalized spacial score (nSPS) is 17.6. The Hall–Kier alpha value is -3.26. The van der Waals surface area contributed by atoms with Crippen molar-refractivity contribution in [2.24, 2.45) is 11.8 Å². The number of halogens is 1. The first-order chi connectivity index (χ1) is 14.8. The maximum Gasteiger partial charge on any atom is 0.338 e. The number of carbonyl (C=O) groups excluding carboxylic acids is 3. The third kappa shape index (κ3) is 5.88. The first kappa shape index (κ1) is 22.4. The van der Waals surface area contributed by atoms with E-state index in [0.717, 1.165) is 4.47 Å². The molecular weight excluding hydrogens is 466 g/mol. The van der Waals surface area contributed by atoms with Crippen LogP contribution >= 0.6 is 15.9 Å². The Morgan fingerprint density at radius 2 is 1.48 bits per heavy atom. The van der Waals surface area contributed by atoms with Crippen molar-refractivity contribution in [2.45, 2.75) is 12.8 Å². The predicted octanol–water partition coefficient (Wildman–Crippen LogP) is 4.09. The van der Waals surface area contributed by atoms with Crippen LogP contribution in [-0.4, -0.2) is 35.3 Å². The summed E-state index contributed by atoms with van der Waals surface area (Å²) in [5.74, 6) is -3.78. The molecule has 31 heavy (non-hydrogen) atoms.